The molecular weight excluding hydrogens is 420 g/mol. The number of amides is 1. The Morgan fingerprint density at radius 3 is 2.38 bits per heavy atom. The third kappa shape index (κ3) is 4.29. The largest absolute Gasteiger partial charge is 0.332 e. The Morgan fingerprint density at radius 2 is 1.62 bits per heavy atom. The summed E-state index contributed by atoms with van der Waals surface area (Å²) in [6, 6.07) is 23.3. The van der Waals surface area contributed by atoms with E-state index in [1.165, 1.54) is 4.57 Å². The third-order valence-electron chi connectivity index (χ3n) is 5.24. The van der Waals surface area contributed by atoms with Crippen LogP contribution in [0.15, 0.2) is 83.7 Å². The summed E-state index contributed by atoms with van der Waals surface area (Å²) in [5.41, 5.74) is 2.85. The summed E-state index contributed by atoms with van der Waals surface area (Å²) in [7, 11) is 0. The second kappa shape index (κ2) is 9.11. The minimum Gasteiger partial charge on any atom is -0.332 e. The monoisotopic (exact) mass is 442 g/mol. The summed E-state index contributed by atoms with van der Waals surface area (Å²) in [5.74, 6) is 0.0159. The molecule has 2 N–H and O–H groups in total. The molecule has 160 valence electrons. The van der Waals surface area contributed by atoms with E-state index < -0.39 is 11.9 Å². The molecule has 1 aromatic heterocycles. The summed E-state index contributed by atoms with van der Waals surface area (Å²) in [5, 5.41) is 6.35. The number of fused-ring (bicyclic) bond motifs is 1. The van der Waals surface area contributed by atoms with Crippen molar-refractivity contribution in [3.05, 3.63) is 94.8 Å². The number of aromatic nitrogens is 2. The summed E-state index contributed by atoms with van der Waals surface area (Å²) >= 11 is 5.33. The van der Waals surface area contributed by atoms with Gasteiger partial charge in [-0.3, -0.25) is 14.2 Å². The number of anilines is 1. The van der Waals surface area contributed by atoms with Crippen molar-refractivity contribution in [2.45, 2.75) is 19.9 Å². The van der Waals surface area contributed by atoms with Gasteiger partial charge in [0.2, 0.25) is 5.91 Å². The van der Waals surface area contributed by atoms with Gasteiger partial charge in [-0.15, -0.1) is 0 Å². The minimum absolute atomic E-state index is 0.166. The number of hydrogen-bond acceptors (Lipinski definition) is 4. The van der Waals surface area contributed by atoms with Crippen LogP contribution in [0.5, 0.6) is 0 Å². The molecule has 6 nitrogen and oxygen atoms in total. The molecule has 0 saturated carbocycles. The molecule has 1 atom stereocenters. The second-order valence-electron chi connectivity index (χ2n) is 7.43. The first-order chi connectivity index (χ1) is 15.5. The summed E-state index contributed by atoms with van der Waals surface area (Å²) in [6.07, 6.45) is 0. The summed E-state index contributed by atoms with van der Waals surface area (Å²) in [6.45, 7) is 3.61. The highest BCUT2D eigenvalue weighted by molar-refractivity contribution is 7.80. The van der Waals surface area contributed by atoms with Gasteiger partial charge in [-0.05, 0) is 49.8 Å². The fourth-order valence-electron chi connectivity index (χ4n) is 3.50. The van der Waals surface area contributed by atoms with E-state index in [0.29, 0.717) is 16.7 Å². The van der Waals surface area contributed by atoms with Crippen LogP contribution in [-0.2, 0) is 4.79 Å². The number of nitrogens with one attached hydrogen (secondary N) is 2. The number of para-hydroxylation sites is 2. The van der Waals surface area contributed by atoms with Crippen LogP contribution >= 0.6 is 12.2 Å². The Labute approximate surface area is 190 Å². The molecule has 4 aromatic rings. The van der Waals surface area contributed by atoms with Crippen molar-refractivity contribution in [3.8, 4) is 11.4 Å². The SMILES string of the molecule is Cc1ccccc1NC(=S)NC(=O)C(C)n1c(-c2ccccc2)nc2ccccc2c1=O. The first kappa shape index (κ1) is 21.4. The van der Waals surface area contributed by atoms with E-state index >= 15 is 0 Å². The van der Waals surface area contributed by atoms with Crippen LogP contribution in [0.25, 0.3) is 22.3 Å². The number of aryl methyl sites for hydroxylation is 1. The Morgan fingerprint density at radius 1 is 0.969 bits per heavy atom. The fourth-order valence-corrected chi connectivity index (χ4v) is 3.71. The van der Waals surface area contributed by atoms with Crippen molar-refractivity contribution in [1.29, 1.82) is 0 Å². The second-order valence-corrected chi connectivity index (χ2v) is 7.84. The molecule has 4 rings (SSSR count). The highest BCUT2D eigenvalue weighted by Gasteiger charge is 2.23. The maximum absolute atomic E-state index is 13.4. The molecule has 1 amide bonds. The predicted octanol–water partition coefficient (Wildman–Crippen LogP) is 4.45. The molecule has 0 aliphatic heterocycles. The van der Waals surface area contributed by atoms with Gasteiger partial charge < -0.3 is 10.6 Å². The molecule has 0 radical (unpaired) electrons. The van der Waals surface area contributed by atoms with Crippen molar-refractivity contribution in [2.75, 3.05) is 5.32 Å². The van der Waals surface area contributed by atoms with Crippen LogP contribution in [0, 0.1) is 6.92 Å². The maximum atomic E-state index is 13.4. The third-order valence-corrected chi connectivity index (χ3v) is 5.44. The van der Waals surface area contributed by atoms with Gasteiger partial charge in [-0.1, -0.05) is 60.7 Å². The van der Waals surface area contributed by atoms with Crippen molar-refractivity contribution in [3.63, 3.8) is 0 Å². The normalized spacial score (nSPS) is 11.7. The average Bonchev–Trinajstić information content (AvgIpc) is 2.80. The van der Waals surface area contributed by atoms with Crippen LogP contribution in [0.2, 0.25) is 0 Å². The van der Waals surface area contributed by atoms with Gasteiger partial charge in [0, 0.05) is 11.3 Å². The molecule has 32 heavy (non-hydrogen) atoms. The quantitative estimate of drug-likeness (QED) is 0.457. The lowest BCUT2D eigenvalue weighted by Crippen LogP contribution is -2.41. The summed E-state index contributed by atoms with van der Waals surface area (Å²) in [4.78, 5) is 31.2. The van der Waals surface area contributed by atoms with Gasteiger partial charge in [0.1, 0.15) is 11.9 Å². The smallest absolute Gasteiger partial charge is 0.262 e. The van der Waals surface area contributed by atoms with Crippen LogP contribution in [0.3, 0.4) is 0 Å². The molecule has 3 aromatic carbocycles. The highest BCUT2D eigenvalue weighted by atomic mass is 32.1. The van der Waals surface area contributed by atoms with Crippen molar-refractivity contribution in [1.82, 2.24) is 14.9 Å². The Hall–Kier alpha value is -3.84. The van der Waals surface area contributed by atoms with Gasteiger partial charge in [0.15, 0.2) is 5.11 Å². The maximum Gasteiger partial charge on any atom is 0.262 e. The van der Waals surface area contributed by atoms with Gasteiger partial charge in [0.05, 0.1) is 10.9 Å². The zero-order valence-corrected chi connectivity index (χ0v) is 18.5. The van der Waals surface area contributed by atoms with Crippen molar-refractivity contribution < 1.29 is 4.79 Å². The van der Waals surface area contributed by atoms with E-state index in [1.807, 2.05) is 67.6 Å². The first-order valence-corrected chi connectivity index (χ1v) is 10.6. The zero-order valence-electron chi connectivity index (χ0n) is 17.7. The van der Waals surface area contributed by atoms with Gasteiger partial charge in [0.25, 0.3) is 5.56 Å². The van der Waals surface area contributed by atoms with Gasteiger partial charge >= 0.3 is 0 Å². The van der Waals surface area contributed by atoms with Crippen LogP contribution in [-0.4, -0.2) is 20.6 Å². The standard InChI is InChI=1S/C25H22N4O2S/c1-16-10-6-8-14-20(16)27-25(32)28-23(30)17(2)29-22(18-11-4-3-5-12-18)26-21-15-9-7-13-19(21)24(29)31/h3-15,17H,1-2H3,(H2,27,28,30,32). The van der Waals surface area contributed by atoms with E-state index in [4.69, 9.17) is 17.2 Å². The molecule has 0 aliphatic rings. The number of benzene rings is 3. The van der Waals surface area contributed by atoms with E-state index in [-0.39, 0.29) is 10.7 Å². The topological polar surface area (TPSA) is 76.0 Å². The molecular formula is C25H22N4O2S. The number of rotatable bonds is 4. The number of nitrogens with zero attached hydrogens (tertiary/aromatic N) is 2. The number of carbonyl (C=O) groups is 1. The van der Waals surface area contributed by atoms with E-state index in [1.54, 1.807) is 25.1 Å². The van der Waals surface area contributed by atoms with Gasteiger partial charge in [-0.25, -0.2) is 4.98 Å². The molecule has 0 aliphatic carbocycles. The van der Waals surface area contributed by atoms with E-state index in [2.05, 4.69) is 10.6 Å². The molecule has 1 unspecified atom stereocenters. The molecule has 7 heteroatoms. The average molecular weight is 443 g/mol. The highest BCUT2D eigenvalue weighted by Crippen LogP contribution is 2.22. The van der Waals surface area contributed by atoms with Crippen LogP contribution in [0.1, 0.15) is 18.5 Å². The minimum atomic E-state index is -0.841. The lowest BCUT2D eigenvalue weighted by Gasteiger charge is -2.20. The molecule has 1 heterocycles. The van der Waals surface area contributed by atoms with Crippen molar-refractivity contribution >= 4 is 39.8 Å². The van der Waals surface area contributed by atoms with Crippen molar-refractivity contribution in [2.24, 2.45) is 0 Å². The fraction of sp³-hybridized carbons (Fsp3) is 0.120. The predicted molar refractivity (Wildman–Crippen MR) is 132 cm³/mol. The molecule has 0 spiro atoms. The Balaban J connectivity index is 1.69. The zero-order chi connectivity index (χ0) is 22.7. The molecule has 0 saturated heterocycles. The van der Waals surface area contributed by atoms with E-state index in [9.17, 15) is 9.59 Å². The Kier molecular flexibility index (Phi) is 6.09. The first-order valence-electron chi connectivity index (χ1n) is 10.2. The van der Waals surface area contributed by atoms with Gasteiger partial charge in [-0.2, -0.15) is 0 Å². The molecule has 0 fully saturated rings. The number of hydrogen-bond donors (Lipinski definition) is 2. The van der Waals surface area contributed by atoms with E-state index in [0.717, 1.165) is 16.8 Å². The Bertz CT molecular complexity index is 1370. The van der Waals surface area contributed by atoms with Crippen LogP contribution in [0.4, 0.5) is 5.69 Å². The number of thiocarbonyl (C=S) groups is 1. The molecule has 0 bridgehead atoms. The number of carbonyl (C=O) groups excluding carboxylic acids is 1. The lowest BCUT2D eigenvalue weighted by atomic mass is 10.1. The van der Waals surface area contributed by atoms with Crippen LogP contribution < -0.4 is 16.2 Å². The summed E-state index contributed by atoms with van der Waals surface area (Å²) < 4.78 is 1.42. The lowest BCUT2D eigenvalue weighted by molar-refractivity contribution is -0.122.